The Balaban J connectivity index is 2.68. The smallest absolute Gasteiger partial charge is 0.0383 e. The van der Waals surface area contributed by atoms with Crippen molar-refractivity contribution in [2.45, 2.75) is 52.1 Å². The van der Waals surface area contributed by atoms with E-state index in [0.717, 1.165) is 0 Å². The molecule has 3 heteroatoms. The van der Waals surface area contributed by atoms with E-state index in [0.29, 0.717) is 5.75 Å². The molecular formula is C16H27NOS. The molecule has 0 bridgehead atoms. The van der Waals surface area contributed by atoms with Crippen LogP contribution in [0.3, 0.4) is 0 Å². The first-order valence-electron chi connectivity index (χ1n) is 6.86. The number of rotatable bonds is 5. The lowest BCUT2D eigenvalue weighted by Crippen LogP contribution is -2.33. The van der Waals surface area contributed by atoms with Crippen molar-refractivity contribution < 1.29 is 4.21 Å². The predicted molar refractivity (Wildman–Crippen MR) is 85.1 cm³/mol. The lowest BCUT2D eigenvalue weighted by atomic mass is 9.86. The number of benzene rings is 1. The lowest BCUT2D eigenvalue weighted by Gasteiger charge is -2.22. The molecule has 3 atom stereocenters. The van der Waals surface area contributed by atoms with Crippen LogP contribution < -0.4 is 5.32 Å². The molecule has 0 amide bonds. The fourth-order valence-corrected chi connectivity index (χ4v) is 3.00. The number of nitrogens with one attached hydrogen (secondary N) is 1. The van der Waals surface area contributed by atoms with Crippen molar-refractivity contribution in [1.29, 1.82) is 0 Å². The van der Waals surface area contributed by atoms with Crippen molar-refractivity contribution in [2.24, 2.45) is 0 Å². The first-order valence-corrected chi connectivity index (χ1v) is 8.59. The topological polar surface area (TPSA) is 29.1 Å². The lowest BCUT2D eigenvalue weighted by molar-refractivity contribution is 0.507. The summed E-state index contributed by atoms with van der Waals surface area (Å²) >= 11 is 0. The maximum atomic E-state index is 11.2. The fourth-order valence-electron chi connectivity index (χ4n) is 2.19. The SMILES string of the molecule is CC(CS(C)=O)NC(C)c1ccc(C(C)(C)C)cc1. The van der Waals surface area contributed by atoms with Crippen molar-refractivity contribution in [2.75, 3.05) is 12.0 Å². The van der Waals surface area contributed by atoms with Gasteiger partial charge in [0.15, 0.2) is 0 Å². The summed E-state index contributed by atoms with van der Waals surface area (Å²) in [5, 5.41) is 3.49. The quantitative estimate of drug-likeness (QED) is 0.896. The molecule has 0 fully saturated rings. The van der Waals surface area contributed by atoms with Crippen LogP contribution in [0.4, 0.5) is 0 Å². The van der Waals surface area contributed by atoms with Gasteiger partial charge < -0.3 is 5.32 Å². The molecule has 0 aliphatic carbocycles. The summed E-state index contributed by atoms with van der Waals surface area (Å²) in [4.78, 5) is 0. The Kier molecular flexibility index (Phi) is 5.75. The van der Waals surface area contributed by atoms with Crippen molar-refractivity contribution in [3.05, 3.63) is 35.4 Å². The maximum absolute atomic E-state index is 11.2. The van der Waals surface area contributed by atoms with Gasteiger partial charge in [0, 0.05) is 34.9 Å². The van der Waals surface area contributed by atoms with Crippen LogP contribution in [0.25, 0.3) is 0 Å². The molecule has 0 aliphatic heterocycles. The average Bonchev–Trinajstić information content (AvgIpc) is 2.26. The normalized spacial score (nSPS) is 16.9. The van der Waals surface area contributed by atoms with Crippen LogP contribution in [-0.2, 0) is 16.2 Å². The zero-order valence-electron chi connectivity index (χ0n) is 13.0. The Morgan fingerprint density at radius 2 is 1.68 bits per heavy atom. The third-order valence-electron chi connectivity index (χ3n) is 3.30. The molecule has 108 valence electrons. The van der Waals surface area contributed by atoms with E-state index in [2.05, 4.69) is 64.2 Å². The van der Waals surface area contributed by atoms with Gasteiger partial charge in [0.05, 0.1) is 0 Å². The summed E-state index contributed by atoms with van der Waals surface area (Å²) < 4.78 is 11.2. The van der Waals surface area contributed by atoms with Crippen LogP contribution in [0.15, 0.2) is 24.3 Å². The molecule has 2 nitrogen and oxygen atoms in total. The third kappa shape index (κ3) is 5.45. The van der Waals surface area contributed by atoms with Gasteiger partial charge in [-0.25, -0.2) is 0 Å². The van der Waals surface area contributed by atoms with Gasteiger partial charge in [-0.2, -0.15) is 0 Å². The molecule has 0 heterocycles. The summed E-state index contributed by atoms with van der Waals surface area (Å²) in [5.41, 5.74) is 2.83. The Labute approximate surface area is 120 Å². The summed E-state index contributed by atoms with van der Waals surface area (Å²) in [6, 6.07) is 9.34. The van der Waals surface area contributed by atoms with Crippen LogP contribution >= 0.6 is 0 Å². The van der Waals surface area contributed by atoms with Gasteiger partial charge in [-0.1, -0.05) is 45.0 Å². The standard InChI is InChI=1S/C16H27NOS/c1-12(11-19(6)18)17-13(2)14-7-9-15(10-8-14)16(3,4)5/h7-10,12-13,17H,11H2,1-6H3. The molecule has 0 spiro atoms. The van der Waals surface area contributed by atoms with Crippen LogP contribution in [0, 0.1) is 0 Å². The molecule has 1 N–H and O–H groups in total. The molecule has 0 aliphatic rings. The number of hydrogen-bond donors (Lipinski definition) is 1. The monoisotopic (exact) mass is 281 g/mol. The Morgan fingerprint density at radius 3 is 2.11 bits per heavy atom. The maximum Gasteiger partial charge on any atom is 0.0383 e. The largest absolute Gasteiger partial charge is 0.307 e. The Hall–Kier alpha value is -0.670. The van der Waals surface area contributed by atoms with E-state index in [-0.39, 0.29) is 17.5 Å². The summed E-state index contributed by atoms with van der Waals surface area (Å²) in [5.74, 6) is 0.699. The van der Waals surface area contributed by atoms with Gasteiger partial charge >= 0.3 is 0 Å². The van der Waals surface area contributed by atoms with Crippen molar-refractivity contribution in [1.82, 2.24) is 5.32 Å². The van der Waals surface area contributed by atoms with E-state index in [1.807, 2.05) is 0 Å². The Morgan fingerprint density at radius 1 is 1.16 bits per heavy atom. The van der Waals surface area contributed by atoms with E-state index < -0.39 is 10.8 Å². The molecule has 1 aromatic carbocycles. The minimum atomic E-state index is -0.746. The van der Waals surface area contributed by atoms with Crippen LogP contribution in [-0.4, -0.2) is 22.3 Å². The van der Waals surface area contributed by atoms with Gasteiger partial charge in [0.25, 0.3) is 0 Å². The third-order valence-corrected chi connectivity index (χ3v) is 4.27. The summed E-state index contributed by atoms with van der Waals surface area (Å²) in [6.07, 6.45) is 1.75. The van der Waals surface area contributed by atoms with Crippen LogP contribution in [0.2, 0.25) is 0 Å². The van der Waals surface area contributed by atoms with E-state index in [9.17, 15) is 4.21 Å². The number of hydrogen-bond acceptors (Lipinski definition) is 2. The highest BCUT2D eigenvalue weighted by molar-refractivity contribution is 7.84. The van der Waals surface area contributed by atoms with Crippen LogP contribution in [0.1, 0.15) is 51.8 Å². The molecule has 0 saturated carbocycles. The van der Waals surface area contributed by atoms with E-state index >= 15 is 0 Å². The highest BCUT2D eigenvalue weighted by Crippen LogP contribution is 2.24. The first kappa shape index (κ1) is 16.4. The molecule has 3 unspecified atom stereocenters. The fraction of sp³-hybridized carbons (Fsp3) is 0.625. The minimum Gasteiger partial charge on any atom is -0.307 e. The molecule has 1 rings (SSSR count). The van der Waals surface area contributed by atoms with Crippen molar-refractivity contribution in [3.63, 3.8) is 0 Å². The average molecular weight is 281 g/mol. The molecule has 0 radical (unpaired) electrons. The molecular weight excluding hydrogens is 254 g/mol. The molecule has 1 aromatic rings. The van der Waals surface area contributed by atoms with Gasteiger partial charge in [-0.3, -0.25) is 4.21 Å². The summed E-state index contributed by atoms with van der Waals surface area (Å²) in [7, 11) is -0.746. The zero-order chi connectivity index (χ0) is 14.6. The Bertz CT molecular complexity index is 419. The minimum absolute atomic E-state index is 0.196. The van der Waals surface area contributed by atoms with Gasteiger partial charge in [0.2, 0.25) is 0 Å². The van der Waals surface area contributed by atoms with Gasteiger partial charge in [-0.15, -0.1) is 0 Å². The molecule has 0 aromatic heterocycles. The molecule has 19 heavy (non-hydrogen) atoms. The molecule has 0 saturated heterocycles. The highest BCUT2D eigenvalue weighted by atomic mass is 32.2. The zero-order valence-corrected chi connectivity index (χ0v) is 13.8. The highest BCUT2D eigenvalue weighted by Gasteiger charge is 2.15. The van der Waals surface area contributed by atoms with Crippen LogP contribution in [0.5, 0.6) is 0 Å². The van der Waals surface area contributed by atoms with E-state index in [1.165, 1.54) is 11.1 Å². The van der Waals surface area contributed by atoms with Gasteiger partial charge in [0.1, 0.15) is 0 Å². The second kappa shape index (κ2) is 6.67. The first-order chi connectivity index (χ1) is 8.70. The van der Waals surface area contributed by atoms with E-state index in [4.69, 9.17) is 0 Å². The summed E-state index contributed by atoms with van der Waals surface area (Å²) in [6.45, 7) is 10.9. The predicted octanol–water partition coefficient (Wildman–Crippen LogP) is 3.40. The second-order valence-electron chi connectivity index (χ2n) is 6.40. The van der Waals surface area contributed by atoms with Crippen molar-refractivity contribution >= 4 is 10.8 Å². The van der Waals surface area contributed by atoms with E-state index in [1.54, 1.807) is 6.26 Å². The van der Waals surface area contributed by atoms with Crippen molar-refractivity contribution in [3.8, 4) is 0 Å². The second-order valence-corrected chi connectivity index (χ2v) is 7.88. The van der Waals surface area contributed by atoms with Gasteiger partial charge in [-0.05, 0) is 30.4 Å².